The third-order valence-corrected chi connectivity index (χ3v) is 4.05. The first-order chi connectivity index (χ1) is 11.6. The van der Waals surface area contributed by atoms with Crippen LogP contribution in [0.5, 0.6) is 0 Å². The number of aryl methyl sites for hydroxylation is 1. The van der Waals surface area contributed by atoms with E-state index < -0.39 is 5.97 Å². The van der Waals surface area contributed by atoms with E-state index in [1.54, 1.807) is 18.5 Å². The molecule has 0 aliphatic carbocycles. The van der Waals surface area contributed by atoms with Crippen molar-refractivity contribution in [3.8, 4) is 11.4 Å². The summed E-state index contributed by atoms with van der Waals surface area (Å²) >= 11 is 0.997. The van der Waals surface area contributed by atoms with Crippen molar-refractivity contribution in [2.24, 2.45) is 5.10 Å². The van der Waals surface area contributed by atoms with Crippen LogP contribution in [0, 0.1) is 6.92 Å². The van der Waals surface area contributed by atoms with Crippen molar-refractivity contribution >= 4 is 23.9 Å². The Kier molecular flexibility index (Phi) is 4.76. The lowest BCUT2D eigenvalue weighted by atomic mass is 10.2. The number of aliphatic carboxylic acids is 1. The highest BCUT2D eigenvalue weighted by Gasteiger charge is 2.17. The predicted molar refractivity (Wildman–Crippen MR) is 87.6 cm³/mol. The number of benzene rings is 1. The second-order valence-electron chi connectivity index (χ2n) is 4.82. The third-order valence-electron chi connectivity index (χ3n) is 3.15. The van der Waals surface area contributed by atoms with E-state index in [9.17, 15) is 9.90 Å². The fraction of sp³-hybridized carbons (Fsp3) is 0.125. The number of carbonyl (C=O) groups is 1. The van der Waals surface area contributed by atoms with Crippen molar-refractivity contribution in [1.82, 2.24) is 14.9 Å². The predicted octanol–water partition coefficient (Wildman–Crippen LogP) is 1.57. The Morgan fingerprint density at radius 1 is 1.33 bits per heavy atom. The highest BCUT2D eigenvalue weighted by Crippen LogP contribution is 2.26. The average Bonchev–Trinajstić information content (AvgIpc) is 3.17. The molecule has 2 aromatic heterocycles. The van der Waals surface area contributed by atoms with Crippen LogP contribution in [0.15, 0.2) is 57.3 Å². The van der Waals surface area contributed by atoms with E-state index in [-0.39, 0.29) is 5.75 Å². The van der Waals surface area contributed by atoms with Gasteiger partial charge >= 0.3 is 0 Å². The van der Waals surface area contributed by atoms with Crippen molar-refractivity contribution in [1.29, 1.82) is 0 Å². The fourth-order valence-electron chi connectivity index (χ4n) is 2.03. The Bertz CT molecular complexity index is 871. The Balaban J connectivity index is 1.99. The molecule has 0 aliphatic heterocycles. The van der Waals surface area contributed by atoms with Crippen LogP contribution in [-0.4, -0.2) is 32.8 Å². The van der Waals surface area contributed by atoms with Gasteiger partial charge in [0.25, 0.3) is 0 Å². The number of carboxylic acids is 1. The Morgan fingerprint density at radius 2 is 2.12 bits per heavy atom. The van der Waals surface area contributed by atoms with Crippen molar-refractivity contribution in [2.45, 2.75) is 12.1 Å². The van der Waals surface area contributed by atoms with E-state index >= 15 is 0 Å². The molecular formula is C16H13N4O3S-. The number of thioether (sulfide) groups is 1. The minimum Gasteiger partial charge on any atom is -0.549 e. The lowest BCUT2D eigenvalue weighted by Crippen LogP contribution is -2.24. The van der Waals surface area contributed by atoms with Gasteiger partial charge in [0, 0.05) is 5.75 Å². The van der Waals surface area contributed by atoms with Gasteiger partial charge in [0.1, 0.15) is 5.76 Å². The zero-order chi connectivity index (χ0) is 16.9. The minimum atomic E-state index is -1.18. The summed E-state index contributed by atoms with van der Waals surface area (Å²) in [6.45, 7) is 1.81. The van der Waals surface area contributed by atoms with Gasteiger partial charge in [-0.05, 0) is 18.6 Å². The lowest BCUT2D eigenvalue weighted by molar-refractivity contribution is -0.301. The molecule has 3 aromatic rings. The minimum absolute atomic E-state index is 0.233. The molecule has 0 saturated carbocycles. The van der Waals surface area contributed by atoms with Crippen molar-refractivity contribution in [2.75, 3.05) is 5.75 Å². The van der Waals surface area contributed by atoms with Crippen molar-refractivity contribution in [3.63, 3.8) is 0 Å². The van der Waals surface area contributed by atoms with Gasteiger partial charge in [-0.2, -0.15) is 9.78 Å². The number of aromatic nitrogens is 3. The number of rotatable bonds is 6. The molecule has 0 aliphatic rings. The molecule has 0 bridgehead atoms. The molecule has 2 heterocycles. The molecule has 8 heteroatoms. The third kappa shape index (κ3) is 3.54. The standard InChI is InChI=1S/C16H14N4O3S/c1-11-13(7-8-23-11)15-18-19-16(24-10-14(21)22)20(15)17-9-12-5-3-2-4-6-12/h2-9H,10H2,1H3,(H,21,22)/p-1/b17-9-. The van der Waals surface area contributed by atoms with Crippen LogP contribution in [0.4, 0.5) is 0 Å². The van der Waals surface area contributed by atoms with Gasteiger partial charge in [0.15, 0.2) is 5.82 Å². The van der Waals surface area contributed by atoms with Crippen LogP contribution in [0.2, 0.25) is 0 Å². The SMILES string of the molecule is Cc1occc1-c1nnc(SCC(=O)[O-])n1/N=C\c1ccccc1. The van der Waals surface area contributed by atoms with Gasteiger partial charge in [0.05, 0.1) is 24.0 Å². The van der Waals surface area contributed by atoms with Crippen LogP contribution in [0.3, 0.4) is 0 Å². The number of carboxylic acid groups (broad SMARTS) is 1. The molecule has 0 fully saturated rings. The number of hydrogen-bond acceptors (Lipinski definition) is 7. The molecule has 0 atom stereocenters. The molecule has 3 rings (SSSR count). The summed E-state index contributed by atoms with van der Waals surface area (Å²) in [6, 6.07) is 11.3. The highest BCUT2D eigenvalue weighted by atomic mass is 32.2. The van der Waals surface area contributed by atoms with Crippen LogP contribution in [0.25, 0.3) is 11.4 Å². The Labute approximate surface area is 142 Å². The molecule has 1 aromatic carbocycles. The average molecular weight is 341 g/mol. The van der Waals surface area contributed by atoms with Gasteiger partial charge in [0.2, 0.25) is 5.16 Å². The maximum atomic E-state index is 10.7. The molecule has 7 nitrogen and oxygen atoms in total. The summed E-state index contributed by atoms with van der Waals surface area (Å²) < 4.78 is 6.80. The quantitative estimate of drug-likeness (QED) is 0.499. The zero-order valence-electron chi connectivity index (χ0n) is 12.7. The van der Waals surface area contributed by atoms with Gasteiger partial charge < -0.3 is 14.3 Å². The van der Waals surface area contributed by atoms with Gasteiger partial charge in [-0.3, -0.25) is 0 Å². The molecule has 0 radical (unpaired) electrons. The van der Waals surface area contributed by atoms with E-state index in [4.69, 9.17) is 4.42 Å². The summed E-state index contributed by atoms with van der Waals surface area (Å²) in [7, 11) is 0. The van der Waals surface area contributed by atoms with E-state index in [2.05, 4.69) is 15.3 Å². The van der Waals surface area contributed by atoms with E-state index in [0.717, 1.165) is 22.9 Å². The van der Waals surface area contributed by atoms with Crippen LogP contribution >= 0.6 is 11.8 Å². The number of carbonyl (C=O) groups excluding carboxylic acids is 1. The van der Waals surface area contributed by atoms with Gasteiger partial charge in [-0.15, -0.1) is 10.2 Å². The Morgan fingerprint density at radius 3 is 2.79 bits per heavy atom. The molecule has 0 spiro atoms. The molecular weight excluding hydrogens is 328 g/mol. The largest absolute Gasteiger partial charge is 0.549 e. The molecule has 122 valence electrons. The van der Waals surface area contributed by atoms with E-state index in [1.807, 2.05) is 37.3 Å². The number of hydrogen-bond donors (Lipinski definition) is 0. The first kappa shape index (κ1) is 16.0. The zero-order valence-corrected chi connectivity index (χ0v) is 13.6. The molecule has 0 amide bonds. The van der Waals surface area contributed by atoms with Gasteiger partial charge in [-0.25, -0.2) is 0 Å². The Hall–Kier alpha value is -2.87. The van der Waals surface area contributed by atoms with Crippen molar-refractivity contribution in [3.05, 3.63) is 54.0 Å². The van der Waals surface area contributed by atoms with Crippen LogP contribution in [-0.2, 0) is 4.79 Å². The van der Waals surface area contributed by atoms with E-state index in [0.29, 0.717) is 16.7 Å². The van der Waals surface area contributed by atoms with Crippen molar-refractivity contribution < 1.29 is 14.3 Å². The summed E-state index contributed by atoms with van der Waals surface area (Å²) in [6.07, 6.45) is 3.21. The first-order valence-corrected chi connectivity index (χ1v) is 8.05. The molecule has 0 N–H and O–H groups in total. The maximum Gasteiger partial charge on any atom is 0.212 e. The monoisotopic (exact) mass is 341 g/mol. The first-order valence-electron chi connectivity index (χ1n) is 7.07. The molecule has 0 saturated heterocycles. The normalized spacial score (nSPS) is 11.2. The summed E-state index contributed by atoms with van der Waals surface area (Å²) in [5, 5.41) is 23.6. The second-order valence-corrected chi connectivity index (χ2v) is 5.77. The lowest BCUT2D eigenvalue weighted by Gasteiger charge is -2.04. The highest BCUT2D eigenvalue weighted by molar-refractivity contribution is 7.99. The second kappa shape index (κ2) is 7.14. The van der Waals surface area contributed by atoms with E-state index in [1.165, 1.54) is 4.68 Å². The van der Waals surface area contributed by atoms with Crippen LogP contribution in [0.1, 0.15) is 11.3 Å². The maximum absolute atomic E-state index is 10.7. The molecule has 0 unspecified atom stereocenters. The smallest absolute Gasteiger partial charge is 0.212 e. The van der Waals surface area contributed by atoms with Crippen LogP contribution < -0.4 is 5.11 Å². The van der Waals surface area contributed by atoms with Gasteiger partial charge in [-0.1, -0.05) is 42.1 Å². The fourth-order valence-corrected chi connectivity index (χ4v) is 2.63. The molecule has 24 heavy (non-hydrogen) atoms. The summed E-state index contributed by atoms with van der Waals surface area (Å²) in [5.74, 6) is -0.254. The summed E-state index contributed by atoms with van der Waals surface area (Å²) in [4.78, 5) is 10.7. The topological polar surface area (TPSA) is 96.3 Å². The number of furan rings is 1. The summed E-state index contributed by atoms with van der Waals surface area (Å²) in [5.41, 5.74) is 1.64. The number of nitrogens with zero attached hydrogens (tertiary/aromatic N) is 4.